The van der Waals surface area contributed by atoms with E-state index in [1.807, 2.05) is 0 Å². The molecule has 0 saturated carbocycles. The van der Waals surface area contributed by atoms with Gasteiger partial charge < -0.3 is 15.2 Å². The van der Waals surface area contributed by atoms with Crippen LogP contribution in [-0.2, 0) is 11.3 Å². The largest absolute Gasteiger partial charge is 0.479 e. The van der Waals surface area contributed by atoms with Crippen molar-refractivity contribution in [2.75, 3.05) is 6.54 Å². The highest BCUT2D eigenvalue weighted by molar-refractivity contribution is 5.72. The number of carboxylic acid groups (broad SMARTS) is 1. The normalized spacial score (nSPS) is 12.2. The molecule has 0 radical (unpaired) electrons. The molecule has 1 rings (SSSR count). The standard InChI is InChI=1S/C14H20FNO3/c1-3-7-16-9-10-5-6-13(11(15)8-10)19-12(4-2)14(17)18/h5-6,8,12,16H,3-4,7,9H2,1-2H3,(H,17,18). The number of hydrogen-bond acceptors (Lipinski definition) is 3. The van der Waals surface area contributed by atoms with Crippen molar-refractivity contribution < 1.29 is 19.0 Å². The molecular weight excluding hydrogens is 249 g/mol. The zero-order chi connectivity index (χ0) is 14.3. The Morgan fingerprint density at radius 3 is 2.74 bits per heavy atom. The number of ether oxygens (including phenoxy) is 1. The minimum atomic E-state index is -1.09. The number of benzene rings is 1. The van der Waals surface area contributed by atoms with Crippen molar-refractivity contribution in [3.05, 3.63) is 29.6 Å². The lowest BCUT2D eigenvalue weighted by atomic mass is 10.2. The second-order valence-corrected chi connectivity index (χ2v) is 4.29. The first-order chi connectivity index (χ1) is 9.08. The summed E-state index contributed by atoms with van der Waals surface area (Å²) in [7, 11) is 0. The van der Waals surface area contributed by atoms with E-state index in [2.05, 4.69) is 12.2 Å². The molecule has 2 N–H and O–H groups in total. The molecule has 0 bridgehead atoms. The van der Waals surface area contributed by atoms with Gasteiger partial charge in [-0.15, -0.1) is 0 Å². The van der Waals surface area contributed by atoms with Gasteiger partial charge in [0.2, 0.25) is 0 Å². The van der Waals surface area contributed by atoms with Crippen molar-refractivity contribution in [1.29, 1.82) is 0 Å². The molecule has 1 aromatic rings. The third kappa shape index (κ3) is 4.87. The first-order valence-corrected chi connectivity index (χ1v) is 6.47. The second kappa shape index (κ2) is 7.74. The second-order valence-electron chi connectivity index (χ2n) is 4.29. The Labute approximate surface area is 112 Å². The number of carboxylic acids is 1. The van der Waals surface area contributed by atoms with Crippen LogP contribution in [0.3, 0.4) is 0 Å². The molecule has 5 heteroatoms. The smallest absolute Gasteiger partial charge is 0.344 e. The third-order valence-electron chi connectivity index (χ3n) is 2.67. The molecule has 1 atom stereocenters. The van der Waals surface area contributed by atoms with E-state index in [0.29, 0.717) is 6.54 Å². The summed E-state index contributed by atoms with van der Waals surface area (Å²) in [5, 5.41) is 12.0. The van der Waals surface area contributed by atoms with Crippen LogP contribution in [0.4, 0.5) is 4.39 Å². The maximum atomic E-state index is 13.8. The van der Waals surface area contributed by atoms with E-state index in [1.54, 1.807) is 13.0 Å². The molecule has 0 amide bonds. The zero-order valence-electron chi connectivity index (χ0n) is 11.3. The van der Waals surface area contributed by atoms with Gasteiger partial charge in [0, 0.05) is 6.54 Å². The summed E-state index contributed by atoms with van der Waals surface area (Å²) in [6.07, 6.45) is 0.285. The number of carbonyl (C=O) groups is 1. The highest BCUT2D eigenvalue weighted by atomic mass is 19.1. The fourth-order valence-electron chi connectivity index (χ4n) is 1.62. The van der Waals surface area contributed by atoms with E-state index in [0.717, 1.165) is 18.5 Å². The molecule has 0 spiro atoms. The maximum absolute atomic E-state index is 13.8. The minimum Gasteiger partial charge on any atom is -0.479 e. The Kier molecular flexibility index (Phi) is 6.29. The van der Waals surface area contributed by atoms with Gasteiger partial charge in [-0.1, -0.05) is 19.9 Å². The number of halogens is 1. The number of aliphatic carboxylic acids is 1. The van der Waals surface area contributed by atoms with E-state index in [-0.39, 0.29) is 12.2 Å². The van der Waals surface area contributed by atoms with Crippen LogP contribution in [0, 0.1) is 5.82 Å². The highest BCUT2D eigenvalue weighted by Gasteiger charge is 2.18. The van der Waals surface area contributed by atoms with E-state index in [1.165, 1.54) is 12.1 Å². The number of rotatable bonds is 8. The monoisotopic (exact) mass is 269 g/mol. The molecule has 0 saturated heterocycles. The third-order valence-corrected chi connectivity index (χ3v) is 2.67. The first-order valence-electron chi connectivity index (χ1n) is 6.47. The first kappa shape index (κ1) is 15.4. The summed E-state index contributed by atoms with van der Waals surface area (Å²) >= 11 is 0. The lowest BCUT2D eigenvalue weighted by Gasteiger charge is -2.14. The maximum Gasteiger partial charge on any atom is 0.344 e. The summed E-state index contributed by atoms with van der Waals surface area (Å²) in [5.74, 6) is -1.64. The molecule has 4 nitrogen and oxygen atoms in total. The van der Waals surface area contributed by atoms with Crippen LogP contribution in [0.2, 0.25) is 0 Å². The van der Waals surface area contributed by atoms with Gasteiger partial charge in [-0.2, -0.15) is 0 Å². The topological polar surface area (TPSA) is 58.6 Å². The Bertz CT molecular complexity index is 423. The number of nitrogens with one attached hydrogen (secondary N) is 1. The molecule has 0 aromatic heterocycles. The van der Waals surface area contributed by atoms with Crippen LogP contribution in [0.5, 0.6) is 5.75 Å². The van der Waals surface area contributed by atoms with Crippen LogP contribution in [0.15, 0.2) is 18.2 Å². The lowest BCUT2D eigenvalue weighted by molar-refractivity contribution is -0.145. The van der Waals surface area contributed by atoms with Gasteiger partial charge >= 0.3 is 5.97 Å². The van der Waals surface area contributed by atoms with E-state index < -0.39 is 17.9 Å². The summed E-state index contributed by atoms with van der Waals surface area (Å²) in [6, 6.07) is 4.58. The zero-order valence-corrected chi connectivity index (χ0v) is 11.3. The molecule has 1 aromatic carbocycles. The summed E-state index contributed by atoms with van der Waals surface area (Å²) in [6.45, 7) is 5.19. The van der Waals surface area contributed by atoms with Crippen LogP contribution in [0.25, 0.3) is 0 Å². The summed E-state index contributed by atoms with van der Waals surface area (Å²) < 4.78 is 18.9. The molecule has 106 valence electrons. The highest BCUT2D eigenvalue weighted by Crippen LogP contribution is 2.20. The van der Waals surface area contributed by atoms with Crippen molar-refractivity contribution in [1.82, 2.24) is 5.32 Å². The lowest BCUT2D eigenvalue weighted by Crippen LogP contribution is -2.26. The minimum absolute atomic E-state index is 0.0199. The van der Waals surface area contributed by atoms with Crippen molar-refractivity contribution in [2.45, 2.75) is 39.3 Å². The SMILES string of the molecule is CCCNCc1ccc(OC(CC)C(=O)O)c(F)c1. The van der Waals surface area contributed by atoms with Gasteiger partial charge in [0.25, 0.3) is 0 Å². The Hall–Kier alpha value is -1.62. The molecule has 0 heterocycles. The Morgan fingerprint density at radius 2 is 2.21 bits per heavy atom. The van der Waals surface area contributed by atoms with Crippen molar-refractivity contribution in [3.63, 3.8) is 0 Å². The Morgan fingerprint density at radius 1 is 1.47 bits per heavy atom. The average Bonchev–Trinajstić information content (AvgIpc) is 2.37. The molecule has 0 fully saturated rings. The molecule has 0 aliphatic heterocycles. The van der Waals surface area contributed by atoms with Gasteiger partial charge in [-0.05, 0) is 37.1 Å². The molecular formula is C14H20FNO3. The van der Waals surface area contributed by atoms with E-state index in [4.69, 9.17) is 9.84 Å². The fraction of sp³-hybridized carbons (Fsp3) is 0.500. The van der Waals surface area contributed by atoms with Crippen molar-refractivity contribution in [2.24, 2.45) is 0 Å². The van der Waals surface area contributed by atoms with E-state index >= 15 is 0 Å². The molecule has 0 aliphatic carbocycles. The van der Waals surface area contributed by atoms with Crippen LogP contribution < -0.4 is 10.1 Å². The molecule has 1 unspecified atom stereocenters. The number of hydrogen-bond donors (Lipinski definition) is 2. The van der Waals surface area contributed by atoms with Crippen LogP contribution in [0.1, 0.15) is 32.3 Å². The van der Waals surface area contributed by atoms with Crippen LogP contribution in [-0.4, -0.2) is 23.7 Å². The fourth-order valence-corrected chi connectivity index (χ4v) is 1.62. The predicted molar refractivity (Wildman–Crippen MR) is 70.7 cm³/mol. The van der Waals surface area contributed by atoms with Gasteiger partial charge in [-0.25, -0.2) is 9.18 Å². The van der Waals surface area contributed by atoms with Crippen LogP contribution >= 0.6 is 0 Å². The van der Waals surface area contributed by atoms with Gasteiger partial charge in [-0.3, -0.25) is 0 Å². The predicted octanol–water partition coefficient (Wildman–Crippen LogP) is 2.57. The Balaban J connectivity index is 2.68. The van der Waals surface area contributed by atoms with Gasteiger partial charge in [0.1, 0.15) is 0 Å². The van der Waals surface area contributed by atoms with Crippen molar-refractivity contribution >= 4 is 5.97 Å². The van der Waals surface area contributed by atoms with Gasteiger partial charge in [0.15, 0.2) is 17.7 Å². The average molecular weight is 269 g/mol. The summed E-state index contributed by atoms with van der Waals surface area (Å²) in [5.41, 5.74) is 0.807. The van der Waals surface area contributed by atoms with E-state index in [9.17, 15) is 9.18 Å². The van der Waals surface area contributed by atoms with Crippen molar-refractivity contribution in [3.8, 4) is 5.75 Å². The molecule has 19 heavy (non-hydrogen) atoms. The molecule has 0 aliphatic rings. The van der Waals surface area contributed by atoms with Gasteiger partial charge in [0.05, 0.1) is 0 Å². The quantitative estimate of drug-likeness (QED) is 0.712. The summed E-state index contributed by atoms with van der Waals surface area (Å²) in [4.78, 5) is 10.8.